The first kappa shape index (κ1) is 19.5. The number of rotatable bonds is 6. The van der Waals surface area contributed by atoms with Gasteiger partial charge in [0, 0.05) is 11.6 Å². The topological polar surface area (TPSA) is 76.1 Å². The summed E-state index contributed by atoms with van der Waals surface area (Å²) in [5, 5.41) is 9.26. The number of nitrogens with zero attached hydrogens (tertiary/aromatic N) is 1. The van der Waals surface area contributed by atoms with Crippen molar-refractivity contribution in [2.75, 3.05) is 25.2 Å². The Morgan fingerprint density at radius 3 is 2.00 bits per heavy atom. The van der Waals surface area contributed by atoms with Crippen molar-refractivity contribution < 1.29 is 24.2 Å². The molecule has 1 aliphatic carbocycles. The van der Waals surface area contributed by atoms with Crippen molar-refractivity contribution >= 4 is 17.7 Å². The van der Waals surface area contributed by atoms with E-state index in [1.807, 2.05) is 36.4 Å². The van der Waals surface area contributed by atoms with Crippen LogP contribution in [0.1, 0.15) is 17.0 Å². The zero-order valence-corrected chi connectivity index (χ0v) is 16.4. The maximum Gasteiger partial charge on any atom is 0.414 e. The summed E-state index contributed by atoms with van der Waals surface area (Å²) in [6.07, 6.45) is -0.704. The highest BCUT2D eigenvalue weighted by molar-refractivity contribution is 5.93. The number of carboxylic acid groups (broad SMARTS) is 1. The molecule has 3 aromatic carbocycles. The van der Waals surface area contributed by atoms with E-state index < -0.39 is 18.6 Å². The number of ether oxygens (including phenoxy) is 2. The SMILES string of the molecule is COc1ccc(N(CC(=O)O)C(=O)OCC2c3ccccc3-c3ccccc32)cc1. The highest BCUT2D eigenvalue weighted by atomic mass is 16.6. The molecule has 0 fully saturated rings. The molecule has 3 aromatic rings. The fourth-order valence-electron chi connectivity index (χ4n) is 3.83. The molecule has 1 aliphatic rings. The lowest BCUT2D eigenvalue weighted by atomic mass is 9.98. The lowest BCUT2D eigenvalue weighted by Gasteiger charge is -2.22. The van der Waals surface area contributed by atoms with Crippen LogP contribution in [0.15, 0.2) is 72.8 Å². The maximum absolute atomic E-state index is 12.8. The molecule has 0 unspecified atom stereocenters. The molecular formula is C24H21NO5. The Kier molecular flexibility index (Phi) is 5.39. The average molecular weight is 403 g/mol. The van der Waals surface area contributed by atoms with Crippen LogP contribution in [0.25, 0.3) is 11.1 Å². The number of amides is 1. The summed E-state index contributed by atoms with van der Waals surface area (Å²) in [5.74, 6) is -0.607. The molecule has 6 heteroatoms. The van der Waals surface area contributed by atoms with Crippen molar-refractivity contribution in [3.63, 3.8) is 0 Å². The molecule has 0 saturated heterocycles. The minimum atomic E-state index is -1.13. The summed E-state index contributed by atoms with van der Waals surface area (Å²) in [6, 6.07) is 22.7. The third-order valence-corrected chi connectivity index (χ3v) is 5.23. The first-order valence-corrected chi connectivity index (χ1v) is 9.57. The summed E-state index contributed by atoms with van der Waals surface area (Å²) < 4.78 is 10.7. The fraction of sp³-hybridized carbons (Fsp3) is 0.167. The zero-order chi connectivity index (χ0) is 21.1. The van der Waals surface area contributed by atoms with Crippen molar-refractivity contribution in [1.29, 1.82) is 0 Å². The minimum Gasteiger partial charge on any atom is -0.497 e. The van der Waals surface area contributed by atoms with Crippen molar-refractivity contribution in [1.82, 2.24) is 0 Å². The van der Waals surface area contributed by atoms with Gasteiger partial charge < -0.3 is 14.6 Å². The summed E-state index contributed by atoms with van der Waals surface area (Å²) in [6.45, 7) is -0.373. The van der Waals surface area contributed by atoms with E-state index in [2.05, 4.69) is 12.1 Å². The predicted octanol–water partition coefficient (Wildman–Crippen LogP) is 4.54. The van der Waals surface area contributed by atoms with Crippen molar-refractivity contribution in [2.45, 2.75) is 5.92 Å². The number of hydrogen-bond acceptors (Lipinski definition) is 4. The van der Waals surface area contributed by atoms with Gasteiger partial charge >= 0.3 is 12.1 Å². The number of benzene rings is 3. The third kappa shape index (κ3) is 3.72. The van der Waals surface area contributed by atoms with Crippen molar-refractivity contribution in [3.05, 3.63) is 83.9 Å². The van der Waals surface area contributed by atoms with Gasteiger partial charge in [-0.25, -0.2) is 4.79 Å². The highest BCUT2D eigenvalue weighted by Gasteiger charge is 2.30. The number of methoxy groups -OCH3 is 1. The normalized spacial score (nSPS) is 12.0. The van der Waals surface area contributed by atoms with Gasteiger partial charge in [-0.2, -0.15) is 0 Å². The van der Waals surface area contributed by atoms with Crippen LogP contribution in [0.4, 0.5) is 10.5 Å². The van der Waals surface area contributed by atoms with Gasteiger partial charge in [0.15, 0.2) is 0 Å². The lowest BCUT2D eigenvalue weighted by molar-refractivity contribution is -0.135. The van der Waals surface area contributed by atoms with Crippen LogP contribution in [0.5, 0.6) is 5.75 Å². The molecule has 0 radical (unpaired) electrons. The molecule has 0 saturated carbocycles. The van der Waals surface area contributed by atoms with Gasteiger partial charge in [0.25, 0.3) is 0 Å². The monoisotopic (exact) mass is 403 g/mol. The largest absolute Gasteiger partial charge is 0.497 e. The van der Waals surface area contributed by atoms with E-state index >= 15 is 0 Å². The second kappa shape index (κ2) is 8.29. The van der Waals surface area contributed by atoms with Crippen molar-refractivity contribution in [2.24, 2.45) is 0 Å². The van der Waals surface area contributed by atoms with Crippen LogP contribution in [-0.2, 0) is 9.53 Å². The van der Waals surface area contributed by atoms with E-state index in [-0.39, 0.29) is 12.5 Å². The highest BCUT2D eigenvalue weighted by Crippen LogP contribution is 2.44. The number of carboxylic acids is 1. The number of anilines is 1. The quantitative estimate of drug-likeness (QED) is 0.654. The molecule has 0 heterocycles. The molecule has 0 spiro atoms. The van der Waals surface area contributed by atoms with E-state index in [0.717, 1.165) is 27.2 Å². The molecule has 30 heavy (non-hydrogen) atoms. The first-order chi connectivity index (χ1) is 14.6. The first-order valence-electron chi connectivity index (χ1n) is 9.57. The molecule has 4 rings (SSSR count). The van der Waals surface area contributed by atoms with Gasteiger partial charge in [0.05, 0.1) is 7.11 Å². The molecule has 152 valence electrons. The Labute approximate surface area is 174 Å². The van der Waals surface area contributed by atoms with E-state index in [1.54, 1.807) is 24.3 Å². The molecule has 0 aromatic heterocycles. The Morgan fingerprint density at radius 1 is 0.900 bits per heavy atom. The van der Waals surface area contributed by atoms with Crippen LogP contribution < -0.4 is 9.64 Å². The van der Waals surface area contributed by atoms with Crippen LogP contribution >= 0.6 is 0 Å². The summed E-state index contributed by atoms with van der Waals surface area (Å²) in [5.41, 5.74) is 4.88. The lowest BCUT2D eigenvalue weighted by Crippen LogP contribution is -2.36. The number of fused-ring (bicyclic) bond motifs is 3. The second-order valence-corrected chi connectivity index (χ2v) is 6.98. The number of carbonyl (C=O) groups excluding carboxylic acids is 1. The Hall–Kier alpha value is -3.80. The molecule has 1 amide bonds. The van der Waals surface area contributed by atoms with E-state index in [9.17, 15) is 14.7 Å². The maximum atomic E-state index is 12.8. The number of aliphatic carboxylic acids is 1. The minimum absolute atomic E-state index is 0.0936. The average Bonchev–Trinajstić information content (AvgIpc) is 3.09. The van der Waals surface area contributed by atoms with Crippen LogP contribution in [0.3, 0.4) is 0 Å². The fourth-order valence-corrected chi connectivity index (χ4v) is 3.83. The van der Waals surface area contributed by atoms with Crippen LogP contribution in [-0.4, -0.2) is 37.4 Å². The van der Waals surface area contributed by atoms with Gasteiger partial charge in [0.1, 0.15) is 18.9 Å². The molecule has 1 N–H and O–H groups in total. The summed E-state index contributed by atoms with van der Waals surface area (Å²) in [4.78, 5) is 25.3. The van der Waals surface area contributed by atoms with Gasteiger partial charge in [-0.1, -0.05) is 48.5 Å². The van der Waals surface area contributed by atoms with Gasteiger partial charge in [-0.3, -0.25) is 9.69 Å². The molecule has 0 bridgehead atoms. The standard InChI is InChI=1S/C24H21NO5/c1-29-17-12-10-16(11-13-17)25(14-23(26)27)24(28)30-15-22-20-8-4-2-6-18(20)19-7-3-5-9-21(19)22/h2-13,22H,14-15H2,1H3,(H,26,27). The third-order valence-electron chi connectivity index (χ3n) is 5.23. The Morgan fingerprint density at radius 2 is 1.47 bits per heavy atom. The Balaban J connectivity index is 1.55. The molecule has 0 aliphatic heterocycles. The molecule has 6 nitrogen and oxygen atoms in total. The number of carbonyl (C=O) groups is 2. The second-order valence-electron chi connectivity index (χ2n) is 6.98. The zero-order valence-electron chi connectivity index (χ0n) is 16.4. The van der Waals surface area contributed by atoms with E-state index in [0.29, 0.717) is 11.4 Å². The predicted molar refractivity (Wildman–Crippen MR) is 113 cm³/mol. The molecule has 0 atom stereocenters. The van der Waals surface area contributed by atoms with Gasteiger partial charge in [0.2, 0.25) is 0 Å². The van der Waals surface area contributed by atoms with Crippen LogP contribution in [0, 0.1) is 0 Å². The Bertz CT molecular complexity index is 1030. The van der Waals surface area contributed by atoms with Crippen molar-refractivity contribution in [3.8, 4) is 16.9 Å². The van der Waals surface area contributed by atoms with Gasteiger partial charge in [-0.15, -0.1) is 0 Å². The van der Waals surface area contributed by atoms with E-state index in [1.165, 1.54) is 7.11 Å². The number of hydrogen-bond donors (Lipinski definition) is 1. The molecular weight excluding hydrogens is 382 g/mol. The van der Waals surface area contributed by atoms with E-state index in [4.69, 9.17) is 9.47 Å². The van der Waals surface area contributed by atoms with Crippen LogP contribution in [0.2, 0.25) is 0 Å². The smallest absolute Gasteiger partial charge is 0.414 e. The van der Waals surface area contributed by atoms with Gasteiger partial charge in [-0.05, 0) is 46.5 Å². The summed E-state index contributed by atoms with van der Waals surface area (Å²) >= 11 is 0. The summed E-state index contributed by atoms with van der Waals surface area (Å²) in [7, 11) is 1.54.